The van der Waals surface area contributed by atoms with Crippen LogP contribution in [-0.2, 0) is 19.9 Å². The van der Waals surface area contributed by atoms with Crippen LogP contribution in [0.4, 0.5) is 8.78 Å². The molecule has 0 spiro atoms. The summed E-state index contributed by atoms with van der Waals surface area (Å²) in [7, 11) is 0. The maximum absolute atomic E-state index is 14.4. The molecule has 5 rings (SSSR count). The minimum absolute atomic E-state index is 0.0203. The Bertz CT molecular complexity index is 1080. The molecule has 1 aromatic carbocycles. The van der Waals surface area contributed by atoms with E-state index in [1.54, 1.807) is 6.07 Å². The molecular weight excluding hydrogens is 440 g/mol. The van der Waals surface area contributed by atoms with Gasteiger partial charge in [-0.3, -0.25) is 4.79 Å². The van der Waals surface area contributed by atoms with Gasteiger partial charge in [0, 0.05) is 25.1 Å². The highest BCUT2D eigenvalue weighted by Gasteiger charge is 2.65. The van der Waals surface area contributed by atoms with Crippen molar-refractivity contribution in [2.24, 2.45) is 5.41 Å². The minimum Gasteiger partial charge on any atom is -0.380 e. The first-order valence-electron chi connectivity index (χ1n) is 12.2. The number of amides is 1. The third kappa shape index (κ3) is 3.45. The summed E-state index contributed by atoms with van der Waals surface area (Å²) < 4.78 is 41.1. The van der Waals surface area contributed by atoms with Crippen molar-refractivity contribution in [3.8, 4) is 11.3 Å². The highest BCUT2D eigenvalue weighted by Crippen LogP contribution is 2.68. The molecule has 0 radical (unpaired) electrons. The lowest BCUT2D eigenvalue weighted by Gasteiger charge is -2.40. The Morgan fingerprint density at radius 3 is 2.74 bits per heavy atom. The first-order chi connectivity index (χ1) is 16.3. The van der Waals surface area contributed by atoms with Crippen LogP contribution in [0.25, 0.3) is 11.3 Å². The van der Waals surface area contributed by atoms with Gasteiger partial charge in [0.2, 0.25) is 0 Å². The molecule has 182 valence electrons. The Labute approximate surface area is 198 Å². The normalized spacial score (nSPS) is 26.3. The monoisotopic (exact) mass is 471 g/mol. The highest BCUT2D eigenvalue weighted by molar-refractivity contribution is 5.81. The number of hydrogen-bond donors (Lipinski definition) is 0. The van der Waals surface area contributed by atoms with E-state index in [9.17, 15) is 13.6 Å². The van der Waals surface area contributed by atoms with Crippen LogP contribution in [0.2, 0.25) is 0 Å². The van der Waals surface area contributed by atoms with E-state index in [4.69, 9.17) is 9.47 Å². The molecule has 6 nitrogen and oxygen atoms in total. The van der Waals surface area contributed by atoms with Crippen LogP contribution in [-0.4, -0.2) is 53.4 Å². The van der Waals surface area contributed by atoms with Crippen LogP contribution >= 0.6 is 0 Å². The van der Waals surface area contributed by atoms with Gasteiger partial charge in [-0.2, -0.15) is 5.10 Å². The van der Waals surface area contributed by atoms with Gasteiger partial charge in [-0.15, -0.1) is 5.10 Å². The van der Waals surface area contributed by atoms with E-state index in [0.717, 1.165) is 24.8 Å². The Hall–Kier alpha value is -2.45. The van der Waals surface area contributed by atoms with E-state index in [1.165, 1.54) is 18.2 Å². The molecule has 3 aliphatic rings. The number of aromatic nitrogens is 2. The fraction of sp³-hybridized carbons (Fsp3) is 0.577. The Morgan fingerprint density at radius 1 is 1.24 bits per heavy atom. The fourth-order valence-electron chi connectivity index (χ4n) is 6.12. The summed E-state index contributed by atoms with van der Waals surface area (Å²) in [4.78, 5) is 15.2. The Balaban J connectivity index is 1.50. The smallest absolute Gasteiger partial charge is 0.251 e. The van der Waals surface area contributed by atoms with Crippen molar-refractivity contribution in [1.29, 1.82) is 0 Å². The van der Waals surface area contributed by atoms with E-state index in [-0.39, 0.29) is 28.5 Å². The van der Waals surface area contributed by atoms with Crippen LogP contribution in [0.5, 0.6) is 0 Å². The SMILES string of the molecule is CCC(O[C@@]12CC[C@@H](c3cc(-c4c(F)cccc4F)nnc31)C2(C)C)C(=O)N1CCCOCC1. The van der Waals surface area contributed by atoms with E-state index >= 15 is 0 Å². The molecule has 1 saturated heterocycles. The summed E-state index contributed by atoms with van der Waals surface area (Å²) >= 11 is 0. The number of fused-ring (bicyclic) bond motifs is 5. The number of rotatable bonds is 5. The predicted octanol–water partition coefficient (Wildman–Crippen LogP) is 4.58. The zero-order valence-electron chi connectivity index (χ0n) is 19.9. The standard InChI is InChI=1S/C26H31F2N3O3/c1-4-21(24(32)31-11-6-13-33-14-12-31)34-26-10-9-17(25(26,2)3)16-15-20(29-30-23(16)26)22-18(27)7-5-8-19(22)28/h5,7-8,15,17,21H,4,6,9-14H2,1-3H3/t17-,21?,26-/m0/s1. The van der Waals surface area contributed by atoms with Crippen LogP contribution in [0.15, 0.2) is 24.3 Å². The van der Waals surface area contributed by atoms with Crippen LogP contribution in [0, 0.1) is 17.0 Å². The van der Waals surface area contributed by atoms with Crippen molar-refractivity contribution in [3.63, 3.8) is 0 Å². The third-order valence-electron chi connectivity index (χ3n) is 8.02. The minimum atomic E-state index is -0.773. The number of carbonyl (C=O) groups is 1. The van der Waals surface area contributed by atoms with E-state index in [0.29, 0.717) is 38.4 Å². The Morgan fingerprint density at radius 2 is 2.00 bits per heavy atom. The molecule has 1 aliphatic heterocycles. The van der Waals surface area contributed by atoms with E-state index in [2.05, 4.69) is 24.0 Å². The molecule has 1 aromatic heterocycles. The van der Waals surface area contributed by atoms with Crippen LogP contribution in [0.1, 0.15) is 63.6 Å². The van der Waals surface area contributed by atoms with E-state index < -0.39 is 23.3 Å². The molecule has 2 aliphatic carbocycles. The second-order valence-electron chi connectivity index (χ2n) is 10.1. The Kier molecular flexibility index (Phi) is 5.92. The zero-order valence-corrected chi connectivity index (χ0v) is 19.9. The van der Waals surface area contributed by atoms with Gasteiger partial charge < -0.3 is 14.4 Å². The molecule has 8 heteroatoms. The van der Waals surface area contributed by atoms with Crippen LogP contribution in [0.3, 0.4) is 0 Å². The van der Waals surface area contributed by atoms with E-state index in [1.807, 2.05) is 11.8 Å². The van der Waals surface area contributed by atoms with Gasteiger partial charge in [0.05, 0.1) is 23.6 Å². The summed E-state index contributed by atoms with van der Waals surface area (Å²) in [6, 6.07) is 5.54. The number of hydrogen-bond acceptors (Lipinski definition) is 5. The third-order valence-corrected chi connectivity index (χ3v) is 8.02. The molecule has 3 atom stereocenters. The summed E-state index contributed by atoms with van der Waals surface area (Å²) in [5.41, 5.74) is 0.504. The predicted molar refractivity (Wildman–Crippen MR) is 122 cm³/mol. The maximum Gasteiger partial charge on any atom is 0.251 e. The summed E-state index contributed by atoms with van der Waals surface area (Å²) in [6.45, 7) is 8.63. The molecule has 1 unspecified atom stereocenters. The van der Waals surface area contributed by atoms with Gasteiger partial charge in [-0.1, -0.05) is 26.8 Å². The van der Waals surface area contributed by atoms with Crippen molar-refractivity contribution in [2.75, 3.05) is 26.3 Å². The topological polar surface area (TPSA) is 64.6 Å². The van der Waals surface area contributed by atoms with Crippen molar-refractivity contribution < 1.29 is 23.0 Å². The van der Waals surface area contributed by atoms with Crippen LogP contribution < -0.4 is 0 Å². The molecule has 2 heterocycles. The van der Waals surface area contributed by atoms with Gasteiger partial charge in [0.15, 0.2) is 0 Å². The number of benzene rings is 1. The average molecular weight is 472 g/mol. The molecule has 2 bridgehead atoms. The second-order valence-corrected chi connectivity index (χ2v) is 10.1. The van der Waals surface area contributed by atoms with Crippen molar-refractivity contribution in [1.82, 2.24) is 15.1 Å². The number of nitrogens with zero attached hydrogens (tertiary/aromatic N) is 3. The fourth-order valence-corrected chi connectivity index (χ4v) is 6.12. The molecular formula is C26H31F2N3O3. The van der Waals surface area contributed by atoms with Crippen molar-refractivity contribution >= 4 is 5.91 Å². The molecule has 1 amide bonds. The van der Waals surface area contributed by atoms with Gasteiger partial charge in [-0.25, -0.2) is 8.78 Å². The average Bonchev–Trinajstić information content (AvgIpc) is 3.03. The lowest BCUT2D eigenvalue weighted by atomic mass is 9.77. The lowest BCUT2D eigenvalue weighted by molar-refractivity contribution is -0.176. The lowest BCUT2D eigenvalue weighted by Crippen LogP contribution is -2.48. The molecule has 34 heavy (non-hydrogen) atoms. The molecule has 2 fully saturated rings. The van der Waals surface area contributed by atoms with Gasteiger partial charge in [0.1, 0.15) is 23.3 Å². The number of carbonyl (C=O) groups excluding carboxylic acids is 1. The summed E-state index contributed by atoms with van der Waals surface area (Å²) in [5, 5.41) is 8.72. The quantitative estimate of drug-likeness (QED) is 0.639. The first-order valence-corrected chi connectivity index (χ1v) is 12.2. The molecule has 0 N–H and O–H groups in total. The zero-order chi connectivity index (χ0) is 24.1. The maximum atomic E-state index is 14.4. The second kappa shape index (κ2) is 8.64. The van der Waals surface area contributed by atoms with Crippen molar-refractivity contribution in [3.05, 3.63) is 47.2 Å². The number of ether oxygens (including phenoxy) is 2. The van der Waals surface area contributed by atoms with Gasteiger partial charge >= 0.3 is 0 Å². The summed E-state index contributed by atoms with van der Waals surface area (Å²) in [6.07, 6.45) is 2.33. The van der Waals surface area contributed by atoms with Crippen molar-refractivity contribution in [2.45, 2.75) is 64.1 Å². The first kappa shape index (κ1) is 23.3. The molecule has 1 saturated carbocycles. The number of halogens is 2. The van der Waals surface area contributed by atoms with Gasteiger partial charge in [-0.05, 0) is 55.4 Å². The van der Waals surface area contributed by atoms with Gasteiger partial charge in [0.25, 0.3) is 5.91 Å². The molecule has 2 aromatic rings. The summed E-state index contributed by atoms with van der Waals surface area (Å²) in [5.74, 6) is -1.25. The highest BCUT2D eigenvalue weighted by atomic mass is 19.1. The largest absolute Gasteiger partial charge is 0.380 e.